The number of para-hydroxylation sites is 1. The summed E-state index contributed by atoms with van der Waals surface area (Å²) in [4.78, 5) is 15.9. The summed E-state index contributed by atoms with van der Waals surface area (Å²) in [5, 5.41) is 12.7. The quantitative estimate of drug-likeness (QED) is 0.423. The first-order chi connectivity index (χ1) is 13.4. The summed E-state index contributed by atoms with van der Waals surface area (Å²) in [5.74, 6) is 1.82. The molecule has 0 bridgehead atoms. The van der Waals surface area contributed by atoms with Crippen molar-refractivity contribution in [1.29, 1.82) is 0 Å². The Morgan fingerprint density at radius 3 is 2.43 bits per heavy atom. The van der Waals surface area contributed by atoms with E-state index >= 15 is 0 Å². The summed E-state index contributed by atoms with van der Waals surface area (Å²) in [6.45, 7) is 9.39. The number of carbonyl (C=O) groups excluding carboxylic acids is 1. The number of phenolic OH excluding ortho intramolecular Hbond substituents is 1. The fraction of sp³-hybridized carbons (Fsp3) is 0.273. The molecule has 148 valence electrons. The van der Waals surface area contributed by atoms with Crippen LogP contribution in [-0.4, -0.2) is 16.0 Å². The van der Waals surface area contributed by atoms with E-state index < -0.39 is 0 Å². The van der Waals surface area contributed by atoms with Crippen LogP contribution in [0, 0.1) is 13.8 Å². The Labute approximate surface area is 170 Å². The number of amides is 1. The number of anilines is 1. The van der Waals surface area contributed by atoms with E-state index in [4.69, 9.17) is 4.74 Å². The summed E-state index contributed by atoms with van der Waals surface area (Å²) >= 11 is 1.50. The number of hydrogen-bond donors (Lipinski definition) is 2. The van der Waals surface area contributed by atoms with Crippen molar-refractivity contribution < 1.29 is 14.6 Å². The number of aromatic nitrogens is 1. The second-order valence-electron chi connectivity index (χ2n) is 6.02. The standard InChI is InChI=1S/C13H10O2.C7H10N2OS.C2H6/c14-11-6-5-10-7-9-3-1-2-4-12(9)15-13(10)8-11;1-4-5(2)11-7(8-4)9-6(3)10;1-2/h1-6,8,14H,7H2;1-3H3,(H,8,9,10);1-2H3. The molecule has 28 heavy (non-hydrogen) atoms. The van der Waals surface area contributed by atoms with Crippen molar-refractivity contribution in [3.05, 3.63) is 64.2 Å². The highest BCUT2D eigenvalue weighted by molar-refractivity contribution is 7.15. The highest BCUT2D eigenvalue weighted by Gasteiger charge is 2.16. The van der Waals surface area contributed by atoms with Crippen molar-refractivity contribution in [1.82, 2.24) is 4.98 Å². The number of carbonyl (C=O) groups is 1. The molecule has 0 atom stereocenters. The van der Waals surface area contributed by atoms with Crippen molar-refractivity contribution in [3.8, 4) is 17.2 Å². The molecule has 0 radical (unpaired) electrons. The average Bonchev–Trinajstić information content (AvgIpc) is 2.98. The minimum absolute atomic E-state index is 0.0706. The van der Waals surface area contributed by atoms with Crippen LogP contribution >= 0.6 is 11.3 Å². The van der Waals surface area contributed by atoms with Gasteiger partial charge in [0.25, 0.3) is 0 Å². The molecular weight excluding hydrogens is 372 g/mol. The molecule has 2 heterocycles. The number of aromatic hydroxyl groups is 1. The maximum Gasteiger partial charge on any atom is 0.223 e. The topological polar surface area (TPSA) is 71.5 Å². The van der Waals surface area contributed by atoms with Crippen LogP contribution in [0.3, 0.4) is 0 Å². The number of rotatable bonds is 1. The zero-order chi connectivity index (χ0) is 20.7. The van der Waals surface area contributed by atoms with Gasteiger partial charge in [-0.05, 0) is 37.1 Å². The maximum absolute atomic E-state index is 10.6. The van der Waals surface area contributed by atoms with Crippen LogP contribution in [0.1, 0.15) is 42.5 Å². The smallest absolute Gasteiger partial charge is 0.223 e. The van der Waals surface area contributed by atoms with Crippen molar-refractivity contribution in [2.24, 2.45) is 0 Å². The highest BCUT2D eigenvalue weighted by atomic mass is 32.1. The highest BCUT2D eigenvalue weighted by Crippen LogP contribution is 2.37. The number of benzene rings is 2. The predicted octanol–water partition coefficient (Wildman–Crippen LogP) is 5.83. The van der Waals surface area contributed by atoms with E-state index in [1.54, 1.807) is 12.1 Å². The van der Waals surface area contributed by atoms with Crippen LogP contribution in [0.15, 0.2) is 42.5 Å². The van der Waals surface area contributed by atoms with E-state index in [1.165, 1.54) is 23.8 Å². The Hall–Kier alpha value is -2.86. The van der Waals surface area contributed by atoms with Crippen LogP contribution in [0.2, 0.25) is 0 Å². The molecule has 4 rings (SSSR count). The Kier molecular flexibility index (Phi) is 7.58. The van der Waals surface area contributed by atoms with Crippen LogP contribution in [0.25, 0.3) is 0 Å². The number of ether oxygens (including phenoxy) is 1. The molecule has 1 aliphatic heterocycles. The summed E-state index contributed by atoms with van der Waals surface area (Å²) < 4.78 is 5.70. The molecule has 0 unspecified atom stereocenters. The number of fused-ring (bicyclic) bond motifs is 2. The number of hydrogen-bond acceptors (Lipinski definition) is 5. The second-order valence-corrected chi connectivity index (χ2v) is 7.22. The predicted molar refractivity (Wildman–Crippen MR) is 115 cm³/mol. The summed E-state index contributed by atoms with van der Waals surface area (Å²) in [6.07, 6.45) is 0.867. The first kappa shape index (κ1) is 21.4. The van der Waals surface area contributed by atoms with Crippen LogP contribution < -0.4 is 10.1 Å². The summed E-state index contributed by atoms with van der Waals surface area (Å²) in [7, 11) is 0. The number of thiazole rings is 1. The molecule has 1 aliphatic rings. The molecule has 1 amide bonds. The first-order valence-electron chi connectivity index (χ1n) is 9.21. The molecule has 0 aliphatic carbocycles. The van der Waals surface area contributed by atoms with Gasteiger partial charge >= 0.3 is 0 Å². The van der Waals surface area contributed by atoms with Crippen molar-refractivity contribution in [2.75, 3.05) is 5.32 Å². The van der Waals surface area contributed by atoms with E-state index in [9.17, 15) is 9.90 Å². The fourth-order valence-electron chi connectivity index (χ4n) is 2.53. The van der Waals surface area contributed by atoms with Crippen molar-refractivity contribution in [2.45, 2.75) is 41.0 Å². The third-order valence-corrected chi connectivity index (χ3v) is 4.92. The minimum Gasteiger partial charge on any atom is -0.508 e. The van der Waals surface area contributed by atoms with Gasteiger partial charge in [0.2, 0.25) is 5.91 Å². The average molecular weight is 399 g/mol. The molecule has 0 saturated heterocycles. The van der Waals surface area contributed by atoms with E-state index in [-0.39, 0.29) is 11.7 Å². The molecule has 2 aromatic carbocycles. The Balaban J connectivity index is 0.000000193. The SMILES string of the molecule is CC.CC(=O)Nc1nc(C)c(C)s1.Oc1ccc2c(c1)Oc1ccccc1C2. The Bertz CT molecular complexity index is 931. The lowest BCUT2D eigenvalue weighted by Crippen LogP contribution is -2.04. The summed E-state index contributed by atoms with van der Waals surface area (Å²) in [5.41, 5.74) is 3.29. The fourth-order valence-corrected chi connectivity index (χ4v) is 3.39. The normalized spacial score (nSPS) is 10.8. The molecular formula is C22H26N2O3S. The minimum atomic E-state index is -0.0706. The molecule has 3 aromatic rings. The van der Waals surface area contributed by atoms with Crippen LogP contribution in [0.5, 0.6) is 17.2 Å². The monoisotopic (exact) mass is 398 g/mol. The molecule has 0 saturated carbocycles. The second kappa shape index (κ2) is 9.90. The zero-order valence-corrected chi connectivity index (χ0v) is 17.7. The molecule has 6 heteroatoms. The molecule has 1 aromatic heterocycles. The van der Waals surface area contributed by atoms with Crippen LogP contribution in [0.4, 0.5) is 5.13 Å². The van der Waals surface area contributed by atoms with E-state index in [0.29, 0.717) is 5.13 Å². The van der Waals surface area contributed by atoms with Crippen molar-refractivity contribution >= 4 is 22.4 Å². The van der Waals surface area contributed by atoms with Gasteiger partial charge in [0.05, 0.1) is 5.69 Å². The Morgan fingerprint density at radius 2 is 1.79 bits per heavy atom. The number of phenols is 1. The van der Waals surface area contributed by atoms with Gasteiger partial charge < -0.3 is 15.2 Å². The van der Waals surface area contributed by atoms with Gasteiger partial charge in [-0.15, -0.1) is 11.3 Å². The largest absolute Gasteiger partial charge is 0.508 e. The first-order valence-corrected chi connectivity index (χ1v) is 10.0. The van der Waals surface area contributed by atoms with Gasteiger partial charge in [-0.1, -0.05) is 38.1 Å². The third kappa shape index (κ3) is 5.57. The number of nitrogens with one attached hydrogen (secondary N) is 1. The number of nitrogens with zero attached hydrogens (tertiary/aromatic N) is 1. The lowest BCUT2D eigenvalue weighted by Gasteiger charge is -2.19. The third-order valence-electron chi connectivity index (χ3n) is 3.94. The molecule has 0 spiro atoms. The molecule has 5 nitrogen and oxygen atoms in total. The maximum atomic E-state index is 10.6. The van der Waals surface area contributed by atoms with Gasteiger partial charge in [-0.25, -0.2) is 4.98 Å². The lowest BCUT2D eigenvalue weighted by atomic mass is 10.0. The van der Waals surface area contributed by atoms with E-state index in [1.807, 2.05) is 52.0 Å². The molecule has 0 fully saturated rings. The van der Waals surface area contributed by atoms with Crippen LogP contribution in [-0.2, 0) is 11.2 Å². The zero-order valence-electron chi connectivity index (χ0n) is 16.9. The van der Waals surface area contributed by atoms with Gasteiger partial charge in [0, 0.05) is 24.3 Å². The Morgan fingerprint density at radius 1 is 1.11 bits per heavy atom. The van der Waals surface area contributed by atoms with E-state index in [0.717, 1.165) is 34.1 Å². The van der Waals surface area contributed by atoms with Gasteiger partial charge in [0.1, 0.15) is 17.2 Å². The molecule has 2 N–H and O–H groups in total. The lowest BCUT2D eigenvalue weighted by molar-refractivity contribution is -0.114. The van der Waals surface area contributed by atoms with E-state index in [2.05, 4.69) is 16.4 Å². The van der Waals surface area contributed by atoms with Gasteiger partial charge in [-0.3, -0.25) is 4.79 Å². The van der Waals surface area contributed by atoms with Gasteiger partial charge in [0.15, 0.2) is 5.13 Å². The summed E-state index contributed by atoms with van der Waals surface area (Å²) in [6, 6.07) is 13.2. The number of aryl methyl sites for hydroxylation is 2. The van der Waals surface area contributed by atoms with Crippen molar-refractivity contribution in [3.63, 3.8) is 0 Å². The van der Waals surface area contributed by atoms with Gasteiger partial charge in [-0.2, -0.15) is 0 Å².